The van der Waals surface area contributed by atoms with E-state index in [1.165, 1.54) is 0 Å². The molecule has 1 aromatic rings. The number of alkyl halides is 6. The van der Waals surface area contributed by atoms with E-state index in [0.717, 1.165) is 12.8 Å². The molecule has 1 amide bonds. The molecule has 4 heterocycles. The summed E-state index contributed by atoms with van der Waals surface area (Å²) in [6, 6.07) is 6.87. The molecule has 4 fully saturated rings. The minimum Gasteiger partial charge on any atom is -0.357 e. The van der Waals surface area contributed by atoms with Gasteiger partial charge in [-0.15, -0.1) is 0 Å². The van der Waals surface area contributed by atoms with E-state index < -0.39 is 61.0 Å². The highest BCUT2D eigenvalue weighted by Gasteiger charge is 2.63. The maximum absolute atomic E-state index is 14.9. The van der Waals surface area contributed by atoms with E-state index >= 15 is 0 Å². The molecule has 42 heavy (non-hydrogen) atoms. The summed E-state index contributed by atoms with van der Waals surface area (Å²) in [6.45, 7) is 0.778. The number of halogens is 6. The van der Waals surface area contributed by atoms with Crippen LogP contribution >= 0.6 is 0 Å². The molecule has 8 nitrogen and oxygen atoms in total. The van der Waals surface area contributed by atoms with E-state index in [0.29, 0.717) is 31.5 Å². The number of nitrogens with one attached hydrogen (secondary N) is 4. The van der Waals surface area contributed by atoms with Gasteiger partial charge in [0.25, 0.3) is 0 Å². The Kier molecular flexibility index (Phi) is 9.70. The van der Waals surface area contributed by atoms with Crippen LogP contribution in [0, 0.1) is 5.92 Å². The number of hydrogen-bond donors (Lipinski definition) is 4. The van der Waals surface area contributed by atoms with Gasteiger partial charge in [-0.25, -0.2) is 10.9 Å². The Morgan fingerprint density at radius 3 is 2.36 bits per heavy atom. The first kappa shape index (κ1) is 31.5. The van der Waals surface area contributed by atoms with Crippen molar-refractivity contribution in [3.05, 3.63) is 35.9 Å². The van der Waals surface area contributed by atoms with Crippen molar-refractivity contribution < 1.29 is 40.6 Å². The number of benzene rings is 1. The third-order valence-electron chi connectivity index (χ3n) is 8.89. The van der Waals surface area contributed by atoms with Crippen LogP contribution in [0.4, 0.5) is 26.3 Å². The van der Waals surface area contributed by atoms with E-state index in [2.05, 4.69) is 21.5 Å². The first-order chi connectivity index (χ1) is 20.0. The summed E-state index contributed by atoms with van der Waals surface area (Å²) >= 11 is 0. The zero-order valence-corrected chi connectivity index (χ0v) is 23.3. The second-order valence-electron chi connectivity index (χ2n) is 11.7. The number of rotatable bonds is 4. The van der Waals surface area contributed by atoms with Crippen LogP contribution in [0.15, 0.2) is 30.3 Å². The Bertz CT molecular complexity index is 1040. The van der Waals surface area contributed by atoms with Crippen molar-refractivity contribution >= 4 is 5.91 Å². The number of hydrogen-bond acceptors (Lipinski definition) is 7. The van der Waals surface area contributed by atoms with Crippen molar-refractivity contribution in [1.82, 2.24) is 26.4 Å². The molecule has 0 aromatic heterocycles. The summed E-state index contributed by atoms with van der Waals surface area (Å²) in [5.41, 5.74) is 3.19. The third-order valence-corrected chi connectivity index (χ3v) is 8.89. The zero-order chi connectivity index (χ0) is 30.0. The zero-order valence-electron chi connectivity index (χ0n) is 23.3. The molecule has 6 unspecified atom stereocenters. The summed E-state index contributed by atoms with van der Waals surface area (Å²) in [4.78, 5) is 15.0. The van der Waals surface area contributed by atoms with Crippen LogP contribution < -0.4 is 21.5 Å². The van der Waals surface area contributed by atoms with Gasteiger partial charge in [0, 0.05) is 19.1 Å². The number of ether oxygens (including phenoxy) is 2. The number of fused-ring (bicyclic) bond motifs is 5. The SMILES string of the molecule is O=C(C1CCCCC[C@](OCc2ccccc2)(C(F)(F)F)C2NNC(O2)C2CCC(C(F)(F)F)C(N1)N2)N1CCCC1. The molecule has 4 aliphatic rings. The average molecular weight is 608 g/mol. The Morgan fingerprint density at radius 1 is 0.929 bits per heavy atom. The average Bonchev–Trinajstić information content (AvgIpc) is 3.66. The van der Waals surface area contributed by atoms with Gasteiger partial charge < -0.3 is 14.4 Å². The van der Waals surface area contributed by atoms with Gasteiger partial charge in [0.1, 0.15) is 6.23 Å². The van der Waals surface area contributed by atoms with Crippen molar-refractivity contribution in [3.8, 4) is 0 Å². The maximum atomic E-state index is 14.9. The third kappa shape index (κ3) is 6.88. The number of likely N-dealkylation sites (tertiary alicyclic amines) is 1. The van der Waals surface area contributed by atoms with E-state index in [9.17, 15) is 31.1 Å². The highest BCUT2D eigenvalue weighted by Crippen LogP contribution is 2.44. The lowest BCUT2D eigenvalue weighted by Gasteiger charge is -2.43. The highest BCUT2D eigenvalue weighted by molar-refractivity contribution is 5.82. The summed E-state index contributed by atoms with van der Waals surface area (Å²) < 4.78 is 98.7. The number of carbonyl (C=O) groups excluding carboxylic acids is 1. The maximum Gasteiger partial charge on any atom is 0.421 e. The second-order valence-corrected chi connectivity index (χ2v) is 11.7. The monoisotopic (exact) mass is 607 g/mol. The highest BCUT2D eigenvalue weighted by atomic mass is 19.4. The lowest BCUT2D eigenvalue weighted by atomic mass is 9.88. The predicted molar refractivity (Wildman–Crippen MR) is 140 cm³/mol. The molecule has 0 spiro atoms. The van der Waals surface area contributed by atoms with Crippen LogP contribution in [0.5, 0.6) is 0 Å². The first-order valence-electron chi connectivity index (χ1n) is 14.8. The minimum atomic E-state index is -4.83. The first-order valence-corrected chi connectivity index (χ1v) is 14.8. The van der Waals surface area contributed by atoms with E-state index in [-0.39, 0.29) is 38.2 Å². The summed E-state index contributed by atoms with van der Waals surface area (Å²) in [7, 11) is 0. The van der Waals surface area contributed by atoms with Gasteiger partial charge in [0.05, 0.1) is 24.7 Å². The lowest BCUT2D eigenvalue weighted by Crippen LogP contribution is -2.65. The summed E-state index contributed by atoms with van der Waals surface area (Å²) in [5, 5.41) is 5.92. The van der Waals surface area contributed by atoms with Crippen molar-refractivity contribution in [2.45, 2.75) is 113 Å². The van der Waals surface area contributed by atoms with Crippen LogP contribution in [-0.2, 0) is 20.9 Å². The molecular weight excluding hydrogens is 568 g/mol. The van der Waals surface area contributed by atoms with Gasteiger partial charge >= 0.3 is 12.4 Å². The minimum absolute atomic E-state index is 0.00303. The number of hydrazine groups is 1. The number of amides is 1. The molecule has 0 aliphatic carbocycles. The summed E-state index contributed by atoms with van der Waals surface area (Å²) in [5.74, 6) is -2.04. The van der Waals surface area contributed by atoms with E-state index in [1.54, 1.807) is 35.2 Å². The van der Waals surface area contributed by atoms with Gasteiger partial charge in [-0.3, -0.25) is 15.4 Å². The van der Waals surface area contributed by atoms with Crippen LogP contribution in [0.25, 0.3) is 0 Å². The quantitative estimate of drug-likeness (QED) is 0.384. The van der Waals surface area contributed by atoms with Crippen LogP contribution in [0.1, 0.15) is 63.4 Å². The fraction of sp³-hybridized carbons (Fsp3) is 0.750. The molecule has 14 heteroatoms. The van der Waals surface area contributed by atoms with Gasteiger partial charge in [-0.2, -0.15) is 26.3 Å². The van der Waals surface area contributed by atoms with Crippen molar-refractivity contribution in [2.75, 3.05) is 13.1 Å². The van der Waals surface area contributed by atoms with Crippen molar-refractivity contribution in [1.29, 1.82) is 0 Å². The topological polar surface area (TPSA) is 86.9 Å². The molecular formula is C28H39F6N5O3. The molecule has 4 aliphatic heterocycles. The molecule has 1 aromatic carbocycles. The van der Waals surface area contributed by atoms with Crippen LogP contribution in [0.3, 0.4) is 0 Å². The molecule has 236 valence electrons. The molecule has 7 atom stereocenters. The van der Waals surface area contributed by atoms with Gasteiger partial charge in [-0.1, -0.05) is 49.6 Å². The van der Waals surface area contributed by atoms with Crippen LogP contribution in [-0.4, -0.2) is 72.6 Å². The standard InChI is InChI=1S/C28H39F6N5O3/c29-27(30,31)19-12-13-20-23-37-38-25(42-23)26(28(32,33)34,41-17-18-9-3-1-4-10-18)14-6-2-5-11-21(36-22(19)35-20)24(40)39-15-7-8-16-39/h1,3-4,9-10,19-23,25,35-38H,2,5-8,11-17H2/t19?,20?,21?,22?,23?,25?,26-/m1/s1. The molecule has 0 saturated carbocycles. The smallest absolute Gasteiger partial charge is 0.357 e. The fourth-order valence-electron chi connectivity index (χ4n) is 6.51. The van der Waals surface area contributed by atoms with Crippen molar-refractivity contribution in [2.24, 2.45) is 5.92 Å². The van der Waals surface area contributed by atoms with Gasteiger partial charge in [0.15, 0.2) is 6.23 Å². The lowest BCUT2D eigenvalue weighted by molar-refractivity contribution is -0.320. The number of piperidine rings is 1. The summed E-state index contributed by atoms with van der Waals surface area (Å²) in [6.07, 6.45) is -11.4. The Morgan fingerprint density at radius 2 is 1.67 bits per heavy atom. The molecule has 4 saturated heterocycles. The van der Waals surface area contributed by atoms with Gasteiger partial charge in [-0.05, 0) is 44.1 Å². The van der Waals surface area contributed by atoms with Gasteiger partial charge in [0.2, 0.25) is 11.5 Å². The Hall–Kier alpha value is -1.97. The largest absolute Gasteiger partial charge is 0.421 e. The molecule has 5 rings (SSSR count). The van der Waals surface area contributed by atoms with E-state index in [1.807, 2.05) is 0 Å². The van der Waals surface area contributed by atoms with E-state index in [4.69, 9.17) is 9.47 Å². The Labute approximate surface area is 241 Å². The molecule has 4 N–H and O–H groups in total. The predicted octanol–water partition coefficient (Wildman–Crippen LogP) is 4.08. The number of carbonyl (C=O) groups is 1. The number of nitrogens with zero attached hydrogens (tertiary/aromatic N) is 1. The molecule has 4 bridgehead atoms. The van der Waals surface area contributed by atoms with Crippen molar-refractivity contribution in [3.63, 3.8) is 0 Å². The Balaban J connectivity index is 1.42. The molecule has 0 radical (unpaired) electrons. The normalized spacial score (nSPS) is 35.1. The second kappa shape index (κ2) is 12.9. The fourth-order valence-corrected chi connectivity index (χ4v) is 6.51. The van der Waals surface area contributed by atoms with Crippen LogP contribution in [0.2, 0.25) is 0 Å².